The van der Waals surface area contributed by atoms with Crippen molar-refractivity contribution in [3.8, 4) is 0 Å². The van der Waals surface area contributed by atoms with Crippen LogP contribution in [0.3, 0.4) is 0 Å². The van der Waals surface area contributed by atoms with Crippen molar-refractivity contribution in [1.82, 2.24) is 10.3 Å². The van der Waals surface area contributed by atoms with Gasteiger partial charge in [-0.3, -0.25) is 5.32 Å². The topological polar surface area (TPSA) is 57.3 Å². The minimum Gasteiger partial charge on any atom is -0.378 e. The third-order valence-electron chi connectivity index (χ3n) is 3.89. The van der Waals surface area contributed by atoms with Crippen LogP contribution in [-0.4, -0.2) is 31.2 Å². The van der Waals surface area contributed by atoms with Crippen LogP contribution in [-0.2, 0) is 6.42 Å². The molecule has 0 saturated carbocycles. The van der Waals surface area contributed by atoms with Gasteiger partial charge in [0.1, 0.15) is 0 Å². The van der Waals surface area contributed by atoms with Crippen LogP contribution < -0.4 is 15.5 Å². The number of nitrogens with zero attached hydrogens (tertiary/aromatic N) is 2. The third kappa shape index (κ3) is 4.48. The first-order chi connectivity index (χ1) is 12.0. The lowest BCUT2D eigenvalue weighted by molar-refractivity contribution is 0.249. The number of benzene rings is 2. The van der Waals surface area contributed by atoms with Crippen molar-refractivity contribution in [2.75, 3.05) is 24.3 Å². The molecule has 3 rings (SSSR count). The van der Waals surface area contributed by atoms with Gasteiger partial charge in [-0.25, -0.2) is 9.78 Å². The van der Waals surface area contributed by atoms with E-state index in [0.29, 0.717) is 5.13 Å². The van der Waals surface area contributed by atoms with E-state index < -0.39 is 0 Å². The molecule has 1 aromatic heterocycles. The maximum atomic E-state index is 12.2. The second kappa shape index (κ2) is 7.53. The number of para-hydroxylation sites is 1. The molecule has 2 N–H and O–H groups in total. The molecule has 0 fully saturated rings. The predicted octanol–water partition coefficient (Wildman–Crippen LogP) is 4.12. The van der Waals surface area contributed by atoms with Crippen LogP contribution in [0.2, 0.25) is 0 Å². The first kappa shape index (κ1) is 17.2. The zero-order chi connectivity index (χ0) is 17.8. The Kier molecular flexibility index (Phi) is 5.19. The highest BCUT2D eigenvalue weighted by molar-refractivity contribution is 7.22. The summed E-state index contributed by atoms with van der Waals surface area (Å²) < 4.78 is 1.06. The average Bonchev–Trinajstić information content (AvgIpc) is 2.97. The molecule has 25 heavy (non-hydrogen) atoms. The zero-order valence-corrected chi connectivity index (χ0v) is 15.4. The fourth-order valence-electron chi connectivity index (χ4n) is 2.62. The van der Waals surface area contributed by atoms with Gasteiger partial charge in [-0.2, -0.15) is 0 Å². The smallest absolute Gasteiger partial charge is 0.321 e. The summed E-state index contributed by atoms with van der Waals surface area (Å²) in [6, 6.07) is 16.0. The largest absolute Gasteiger partial charge is 0.378 e. The van der Waals surface area contributed by atoms with Crippen LogP contribution in [0.5, 0.6) is 0 Å². The van der Waals surface area contributed by atoms with Crippen molar-refractivity contribution in [1.29, 1.82) is 0 Å². The van der Waals surface area contributed by atoms with Crippen molar-refractivity contribution in [2.24, 2.45) is 0 Å². The molecule has 1 atom stereocenters. The quantitative estimate of drug-likeness (QED) is 0.725. The van der Waals surface area contributed by atoms with E-state index in [-0.39, 0.29) is 12.1 Å². The number of carbonyl (C=O) groups is 1. The summed E-state index contributed by atoms with van der Waals surface area (Å²) in [5.74, 6) is 0. The Hall–Kier alpha value is -2.60. The van der Waals surface area contributed by atoms with Gasteiger partial charge in [0.15, 0.2) is 5.13 Å². The SMILES string of the molecule is CC(Cc1ccc(N(C)C)cc1)NC(=O)Nc1nc2ccccc2s1. The minimum absolute atomic E-state index is 0.0274. The normalized spacial score (nSPS) is 12.0. The number of hydrogen-bond donors (Lipinski definition) is 2. The Morgan fingerprint density at radius 2 is 1.88 bits per heavy atom. The molecule has 0 aliphatic rings. The second-order valence-corrected chi connectivity index (χ2v) is 7.28. The van der Waals surface area contributed by atoms with Gasteiger partial charge in [0, 0.05) is 25.8 Å². The first-order valence-corrected chi connectivity index (χ1v) is 9.02. The molecule has 2 aromatic carbocycles. The summed E-state index contributed by atoms with van der Waals surface area (Å²) >= 11 is 1.47. The van der Waals surface area contributed by atoms with Crippen LogP contribution in [0.25, 0.3) is 10.2 Å². The number of amides is 2. The molecule has 1 heterocycles. The molecular weight excluding hydrogens is 332 g/mol. The fourth-order valence-corrected chi connectivity index (χ4v) is 3.48. The maximum absolute atomic E-state index is 12.2. The van der Waals surface area contributed by atoms with Crippen molar-refractivity contribution in [3.63, 3.8) is 0 Å². The number of hydrogen-bond acceptors (Lipinski definition) is 4. The first-order valence-electron chi connectivity index (χ1n) is 8.20. The Morgan fingerprint density at radius 1 is 1.16 bits per heavy atom. The lowest BCUT2D eigenvalue weighted by Gasteiger charge is -2.16. The number of aromatic nitrogens is 1. The van der Waals surface area contributed by atoms with Crippen LogP contribution in [0, 0.1) is 0 Å². The van der Waals surface area contributed by atoms with Gasteiger partial charge >= 0.3 is 6.03 Å². The fraction of sp³-hybridized carbons (Fsp3) is 0.263. The van der Waals surface area contributed by atoms with Gasteiger partial charge in [-0.05, 0) is 43.2 Å². The van der Waals surface area contributed by atoms with Crippen molar-refractivity contribution in [2.45, 2.75) is 19.4 Å². The van der Waals surface area contributed by atoms with E-state index in [1.54, 1.807) is 0 Å². The van der Waals surface area contributed by atoms with Crippen molar-refractivity contribution in [3.05, 3.63) is 54.1 Å². The lowest BCUT2D eigenvalue weighted by Crippen LogP contribution is -2.37. The number of urea groups is 1. The number of nitrogens with one attached hydrogen (secondary N) is 2. The molecule has 0 saturated heterocycles. The van der Waals surface area contributed by atoms with Crippen LogP contribution in [0.4, 0.5) is 15.6 Å². The molecule has 0 bridgehead atoms. The van der Waals surface area contributed by atoms with Gasteiger partial charge in [0.25, 0.3) is 0 Å². The number of thiazole rings is 1. The summed E-state index contributed by atoms with van der Waals surface area (Å²) in [6.45, 7) is 2.00. The van der Waals surface area contributed by atoms with E-state index in [0.717, 1.165) is 22.3 Å². The van der Waals surface area contributed by atoms with E-state index in [2.05, 4.69) is 44.8 Å². The molecule has 5 nitrogen and oxygen atoms in total. The Labute approximate surface area is 151 Å². The molecule has 0 aliphatic carbocycles. The third-order valence-corrected chi connectivity index (χ3v) is 4.84. The summed E-state index contributed by atoms with van der Waals surface area (Å²) in [6.07, 6.45) is 0.779. The van der Waals surface area contributed by atoms with Gasteiger partial charge in [-0.15, -0.1) is 0 Å². The molecule has 0 radical (unpaired) electrons. The maximum Gasteiger partial charge on any atom is 0.321 e. The Bertz CT molecular complexity index is 824. The van der Waals surface area contributed by atoms with Gasteiger partial charge in [0.05, 0.1) is 10.2 Å². The van der Waals surface area contributed by atoms with E-state index in [9.17, 15) is 4.79 Å². The summed E-state index contributed by atoms with van der Waals surface area (Å²) in [7, 11) is 4.04. The van der Waals surface area contributed by atoms with E-state index in [1.807, 2.05) is 45.3 Å². The van der Waals surface area contributed by atoms with Gasteiger partial charge < -0.3 is 10.2 Å². The molecule has 0 aliphatic heterocycles. The van der Waals surface area contributed by atoms with Crippen LogP contribution in [0.15, 0.2) is 48.5 Å². The minimum atomic E-state index is -0.225. The molecule has 2 amide bonds. The summed E-state index contributed by atoms with van der Waals surface area (Å²) in [4.78, 5) is 18.6. The Balaban J connectivity index is 1.54. The molecular formula is C19H22N4OS. The standard InChI is InChI=1S/C19H22N4OS/c1-13(12-14-8-10-15(11-9-14)23(2)3)20-18(24)22-19-21-16-6-4-5-7-17(16)25-19/h4-11,13H,12H2,1-3H3,(H2,20,21,22,24). The molecule has 1 unspecified atom stereocenters. The van der Waals surface area contributed by atoms with Gasteiger partial charge in [-0.1, -0.05) is 35.6 Å². The second-order valence-electron chi connectivity index (χ2n) is 6.25. The highest BCUT2D eigenvalue weighted by Gasteiger charge is 2.11. The monoisotopic (exact) mass is 354 g/mol. The van der Waals surface area contributed by atoms with Crippen molar-refractivity contribution < 1.29 is 4.79 Å². The van der Waals surface area contributed by atoms with Gasteiger partial charge in [0.2, 0.25) is 0 Å². The molecule has 6 heteroatoms. The van der Waals surface area contributed by atoms with Crippen LogP contribution in [0.1, 0.15) is 12.5 Å². The molecule has 3 aromatic rings. The van der Waals surface area contributed by atoms with Crippen molar-refractivity contribution >= 4 is 38.4 Å². The van der Waals surface area contributed by atoms with E-state index >= 15 is 0 Å². The Morgan fingerprint density at radius 3 is 2.56 bits per heavy atom. The lowest BCUT2D eigenvalue weighted by atomic mass is 10.1. The number of anilines is 2. The molecule has 0 spiro atoms. The highest BCUT2D eigenvalue weighted by atomic mass is 32.1. The highest BCUT2D eigenvalue weighted by Crippen LogP contribution is 2.25. The van der Waals surface area contributed by atoms with E-state index in [4.69, 9.17) is 0 Å². The van der Waals surface area contributed by atoms with E-state index in [1.165, 1.54) is 16.9 Å². The predicted molar refractivity (Wildman–Crippen MR) is 106 cm³/mol. The number of carbonyl (C=O) groups excluding carboxylic acids is 1. The van der Waals surface area contributed by atoms with Crippen LogP contribution >= 0.6 is 11.3 Å². The zero-order valence-electron chi connectivity index (χ0n) is 14.6. The summed E-state index contributed by atoms with van der Waals surface area (Å²) in [5.41, 5.74) is 3.26. The summed E-state index contributed by atoms with van der Waals surface area (Å²) in [5, 5.41) is 6.40. The molecule has 130 valence electrons. The average molecular weight is 354 g/mol. The number of fused-ring (bicyclic) bond motifs is 1. The number of rotatable bonds is 5.